The Kier molecular flexibility index (Phi) is 15.9. The second-order valence-electron chi connectivity index (χ2n) is 21.2. The minimum atomic E-state index is -0.267. The van der Waals surface area contributed by atoms with E-state index in [1.165, 1.54) is 23.3 Å². The molecule has 5 fully saturated rings. The summed E-state index contributed by atoms with van der Waals surface area (Å²) in [6, 6.07) is 18.8. The lowest BCUT2D eigenvalue weighted by molar-refractivity contribution is -0.196. The maximum absolute atomic E-state index is 14.4. The Labute approximate surface area is 402 Å². The molecule has 4 aromatic carbocycles. The summed E-state index contributed by atoms with van der Waals surface area (Å²) in [4.78, 5) is 43.1. The number of esters is 3. The first kappa shape index (κ1) is 49.1. The molecule has 0 bridgehead atoms. The van der Waals surface area contributed by atoms with Gasteiger partial charge in [0.1, 0.15) is 12.2 Å². The zero-order valence-electron chi connectivity index (χ0n) is 41.0. The number of carbonyl (C=O) groups excluding carboxylic acids is 3. The van der Waals surface area contributed by atoms with Gasteiger partial charge in [-0.2, -0.15) is 0 Å². The molecule has 10 atom stereocenters. The van der Waals surface area contributed by atoms with E-state index in [2.05, 4.69) is 74.2 Å². The van der Waals surface area contributed by atoms with Crippen LogP contribution in [0.2, 0.25) is 0 Å². The van der Waals surface area contributed by atoms with Gasteiger partial charge in [-0.05, 0) is 137 Å². The maximum atomic E-state index is 14.4. The number of hydrogen-bond acceptors (Lipinski definition) is 12. The van der Waals surface area contributed by atoms with E-state index in [0.717, 1.165) is 73.9 Å². The average Bonchev–Trinajstić information content (AvgIpc) is 3.70. The average molecular weight is 938 g/mol. The number of nitrogens with zero attached hydrogens (tertiary/aromatic N) is 1. The van der Waals surface area contributed by atoms with E-state index < -0.39 is 0 Å². The number of hydrogen-bond donors (Lipinski definition) is 0. The Bertz CT molecular complexity index is 2300. The lowest BCUT2D eigenvalue weighted by Crippen LogP contribution is -2.59. The highest BCUT2D eigenvalue weighted by Crippen LogP contribution is 2.69. The molecule has 0 radical (unpaired) electrons. The molecule has 370 valence electrons. The van der Waals surface area contributed by atoms with Crippen molar-refractivity contribution in [3.8, 4) is 0 Å². The van der Waals surface area contributed by atoms with Crippen molar-refractivity contribution in [2.75, 3.05) is 92.8 Å². The standard InChI is InChI=1S/C56H75NO11/c1-37(8-17-49(58)61-4)45-15-16-46-53-47(19-21-56(45,46)3)55(2)20-18-42(67-54(60)44-14-12-40-10-9-38-6-5-7-39-11-13-43(44)52(40)51(38)39)34-41(55)35-48(53)68-50(59)36-57-22-24-62-26-28-64-30-32-66-33-31-65-29-27-63-25-23-57/h5-7,9-14,37,41-42,45-48,53H,8,15-36H2,1-4H3/t37-,41+,42-,45-,46+,47+,48-,53+,55+,56-/m1/s1. The van der Waals surface area contributed by atoms with Gasteiger partial charge in [-0.1, -0.05) is 69.3 Å². The lowest BCUT2D eigenvalue weighted by Gasteiger charge is -2.63. The molecule has 12 nitrogen and oxygen atoms in total. The Morgan fingerprint density at radius 2 is 1.25 bits per heavy atom. The predicted octanol–water partition coefficient (Wildman–Crippen LogP) is 9.28. The summed E-state index contributed by atoms with van der Waals surface area (Å²) < 4.78 is 47.2. The highest BCUT2D eigenvalue weighted by Gasteiger charge is 2.64. The fourth-order valence-corrected chi connectivity index (χ4v) is 14.2. The molecule has 1 heterocycles. The summed E-state index contributed by atoms with van der Waals surface area (Å²) in [5.74, 6) is 1.48. The minimum absolute atomic E-state index is 0.0270. The Morgan fingerprint density at radius 1 is 0.662 bits per heavy atom. The van der Waals surface area contributed by atoms with Crippen LogP contribution in [0.5, 0.6) is 0 Å². The van der Waals surface area contributed by atoms with Crippen LogP contribution in [-0.2, 0) is 47.5 Å². The normalized spacial score (nSPS) is 32.0. The third kappa shape index (κ3) is 10.4. The molecular weight excluding hydrogens is 863 g/mol. The fourth-order valence-electron chi connectivity index (χ4n) is 14.2. The highest BCUT2D eigenvalue weighted by molar-refractivity contribution is 6.26. The third-order valence-corrected chi connectivity index (χ3v) is 17.7. The molecule has 4 aromatic rings. The van der Waals surface area contributed by atoms with Gasteiger partial charge in [-0.25, -0.2) is 4.79 Å². The number of rotatable bonds is 9. The van der Waals surface area contributed by atoms with E-state index in [-0.39, 0.29) is 59.3 Å². The van der Waals surface area contributed by atoms with Gasteiger partial charge >= 0.3 is 17.9 Å². The molecule has 0 unspecified atom stereocenters. The molecular formula is C56H75NO11. The fraction of sp³-hybridized carbons (Fsp3) is 0.661. The van der Waals surface area contributed by atoms with Crippen LogP contribution in [0, 0.1) is 46.3 Å². The maximum Gasteiger partial charge on any atom is 0.339 e. The van der Waals surface area contributed by atoms with E-state index in [1.54, 1.807) is 0 Å². The first-order chi connectivity index (χ1) is 33.1. The Morgan fingerprint density at radius 3 is 1.91 bits per heavy atom. The largest absolute Gasteiger partial charge is 0.469 e. The van der Waals surface area contributed by atoms with Crippen molar-refractivity contribution in [2.24, 2.45) is 46.3 Å². The first-order valence-electron chi connectivity index (χ1n) is 25.8. The van der Waals surface area contributed by atoms with Gasteiger partial charge in [-0.3, -0.25) is 14.5 Å². The predicted molar refractivity (Wildman–Crippen MR) is 261 cm³/mol. The van der Waals surface area contributed by atoms with Crippen LogP contribution < -0.4 is 0 Å². The molecule has 1 aliphatic heterocycles. The van der Waals surface area contributed by atoms with E-state index in [4.69, 9.17) is 37.9 Å². The molecule has 0 spiro atoms. The van der Waals surface area contributed by atoms with Crippen LogP contribution in [-0.4, -0.2) is 128 Å². The minimum Gasteiger partial charge on any atom is -0.469 e. The van der Waals surface area contributed by atoms with Crippen molar-refractivity contribution in [2.45, 2.75) is 97.2 Å². The number of ether oxygens (including phenoxy) is 8. The topological polar surface area (TPSA) is 128 Å². The number of benzene rings is 4. The second kappa shape index (κ2) is 22.0. The van der Waals surface area contributed by atoms with Gasteiger partial charge < -0.3 is 37.9 Å². The van der Waals surface area contributed by atoms with Crippen molar-refractivity contribution >= 4 is 50.2 Å². The second-order valence-corrected chi connectivity index (χ2v) is 21.2. The lowest BCUT2D eigenvalue weighted by atomic mass is 9.43. The van der Waals surface area contributed by atoms with Crippen LogP contribution in [0.1, 0.15) is 95.3 Å². The van der Waals surface area contributed by atoms with Gasteiger partial charge in [0, 0.05) is 25.4 Å². The number of methoxy groups -OCH3 is 1. The summed E-state index contributed by atoms with van der Waals surface area (Å²) >= 11 is 0. The number of carbonyl (C=O) groups is 3. The molecule has 12 heteroatoms. The molecule has 0 N–H and O–H groups in total. The van der Waals surface area contributed by atoms with Crippen molar-refractivity contribution in [3.63, 3.8) is 0 Å². The molecule has 4 aliphatic carbocycles. The van der Waals surface area contributed by atoms with E-state index in [0.29, 0.717) is 115 Å². The van der Waals surface area contributed by atoms with Crippen molar-refractivity contribution < 1.29 is 52.3 Å². The monoisotopic (exact) mass is 938 g/mol. The number of fused-ring (bicyclic) bond motifs is 5. The van der Waals surface area contributed by atoms with Gasteiger partial charge in [0.05, 0.1) is 85.3 Å². The molecule has 0 aromatic heterocycles. The van der Waals surface area contributed by atoms with E-state index >= 15 is 0 Å². The smallest absolute Gasteiger partial charge is 0.339 e. The zero-order chi connectivity index (χ0) is 47.3. The summed E-state index contributed by atoms with van der Waals surface area (Å²) in [6.07, 6.45) is 8.48. The summed E-state index contributed by atoms with van der Waals surface area (Å²) in [5, 5.41) is 6.68. The molecule has 9 rings (SSSR count). The van der Waals surface area contributed by atoms with Crippen molar-refractivity contribution in [3.05, 3.63) is 60.2 Å². The van der Waals surface area contributed by atoms with Gasteiger partial charge in [0.15, 0.2) is 0 Å². The van der Waals surface area contributed by atoms with Gasteiger partial charge in [0.25, 0.3) is 0 Å². The van der Waals surface area contributed by atoms with E-state index in [1.807, 2.05) is 6.07 Å². The van der Waals surface area contributed by atoms with E-state index in [9.17, 15) is 14.4 Å². The Hall–Kier alpha value is -3.91. The van der Waals surface area contributed by atoms with Crippen LogP contribution in [0.15, 0.2) is 54.6 Å². The van der Waals surface area contributed by atoms with Crippen LogP contribution in [0.4, 0.5) is 0 Å². The Balaban J connectivity index is 0.927. The van der Waals surface area contributed by atoms with Crippen molar-refractivity contribution in [1.82, 2.24) is 4.90 Å². The molecule has 4 saturated carbocycles. The van der Waals surface area contributed by atoms with Crippen LogP contribution in [0.25, 0.3) is 32.3 Å². The quantitative estimate of drug-likeness (QED) is 0.0902. The summed E-state index contributed by atoms with van der Waals surface area (Å²) in [7, 11) is 1.47. The molecule has 0 amide bonds. The summed E-state index contributed by atoms with van der Waals surface area (Å²) in [6.45, 7) is 13.4. The molecule has 1 saturated heterocycles. The highest BCUT2D eigenvalue weighted by atomic mass is 16.6. The van der Waals surface area contributed by atoms with Gasteiger partial charge in [0.2, 0.25) is 0 Å². The third-order valence-electron chi connectivity index (χ3n) is 17.7. The van der Waals surface area contributed by atoms with Crippen LogP contribution in [0.3, 0.4) is 0 Å². The van der Waals surface area contributed by atoms with Crippen molar-refractivity contribution in [1.29, 1.82) is 0 Å². The summed E-state index contributed by atoms with van der Waals surface area (Å²) in [5.41, 5.74) is 0.719. The SMILES string of the molecule is COC(=O)CC[C@@H](C)[C@H]1CC[C@H]2[C@@H]3[C@H](OC(=O)CN4CCOCCOCCOCCOCCOCC4)C[C@@H]4C[C@H](OC(=O)c5ccc6ccc7cccc8ccc5c6c78)CC[C@]4(C)[C@H]3CC[C@]12C. The van der Waals surface area contributed by atoms with Crippen LogP contribution >= 0.6 is 0 Å². The first-order valence-corrected chi connectivity index (χ1v) is 25.8. The zero-order valence-corrected chi connectivity index (χ0v) is 41.0. The molecule has 68 heavy (non-hydrogen) atoms. The molecule has 5 aliphatic rings. The van der Waals surface area contributed by atoms with Gasteiger partial charge in [-0.15, -0.1) is 0 Å².